The summed E-state index contributed by atoms with van der Waals surface area (Å²) in [5.74, 6) is 0. The van der Waals surface area contributed by atoms with Crippen molar-refractivity contribution in [2.45, 2.75) is 12.2 Å². The standard InChI is InChI=1S/C10H11O2P/c11-13(6-9-10(7-13)12-9)8-4-2-1-3-5-8/h1-5,9-10H,6-7H2/t9-,10+,13?. The molecule has 0 aliphatic carbocycles. The normalized spacial score (nSPS) is 41.5. The van der Waals surface area contributed by atoms with Gasteiger partial charge in [0.1, 0.15) is 7.14 Å². The summed E-state index contributed by atoms with van der Waals surface area (Å²) in [5.41, 5.74) is 0. The summed E-state index contributed by atoms with van der Waals surface area (Å²) < 4.78 is 17.7. The van der Waals surface area contributed by atoms with E-state index in [9.17, 15) is 4.57 Å². The molecule has 3 heteroatoms. The van der Waals surface area contributed by atoms with E-state index in [2.05, 4.69) is 0 Å². The van der Waals surface area contributed by atoms with Crippen LogP contribution in [-0.4, -0.2) is 24.5 Å². The fourth-order valence-electron chi connectivity index (χ4n) is 2.07. The molecule has 1 aromatic carbocycles. The van der Waals surface area contributed by atoms with E-state index in [0.717, 1.165) is 17.6 Å². The lowest BCUT2D eigenvalue weighted by molar-refractivity contribution is 0.380. The number of fused-ring (bicyclic) bond motifs is 1. The van der Waals surface area contributed by atoms with E-state index in [1.807, 2.05) is 30.3 Å². The second-order valence-corrected chi connectivity index (χ2v) is 6.83. The molecular formula is C10H11O2P. The Morgan fingerprint density at radius 1 is 1.15 bits per heavy atom. The van der Waals surface area contributed by atoms with Crippen LogP contribution in [0, 0.1) is 0 Å². The van der Waals surface area contributed by atoms with Gasteiger partial charge in [-0.15, -0.1) is 0 Å². The van der Waals surface area contributed by atoms with E-state index in [4.69, 9.17) is 4.74 Å². The van der Waals surface area contributed by atoms with E-state index >= 15 is 0 Å². The van der Waals surface area contributed by atoms with E-state index in [0.29, 0.717) is 12.2 Å². The minimum atomic E-state index is -2.05. The smallest absolute Gasteiger partial charge is 0.120 e. The fourth-order valence-corrected chi connectivity index (χ4v) is 5.16. The lowest BCUT2D eigenvalue weighted by Gasteiger charge is -2.12. The maximum atomic E-state index is 12.4. The Labute approximate surface area is 77.3 Å². The minimum Gasteiger partial charge on any atom is -0.369 e. The van der Waals surface area contributed by atoms with Gasteiger partial charge in [0.2, 0.25) is 0 Å². The zero-order valence-corrected chi connectivity index (χ0v) is 8.11. The van der Waals surface area contributed by atoms with Gasteiger partial charge in [0.05, 0.1) is 12.2 Å². The highest BCUT2D eigenvalue weighted by Gasteiger charge is 2.54. The molecule has 0 radical (unpaired) electrons. The van der Waals surface area contributed by atoms with Crippen molar-refractivity contribution in [2.75, 3.05) is 12.3 Å². The van der Waals surface area contributed by atoms with Crippen LogP contribution >= 0.6 is 7.14 Å². The highest BCUT2D eigenvalue weighted by molar-refractivity contribution is 7.72. The molecular weight excluding hydrogens is 183 g/mol. The highest BCUT2D eigenvalue weighted by atomic mass is 31.2. The zero-order chi connectivity index (χ0) is 8.89. The molecule has 1 aromatic rings. The summed E-state index contributed by atoms with van der Waals surface area (Å²) in [7, 11) is -2.05. The first kappa shape index (κ1) is 7.78. The van der Waals surface area contributed by atoms with Gasteiger partial charge in [0, 0.05) is 17.6 Å². The number of ether oxygens (including phenoxy) is 1. The molecule has 2 heterocycles. The molecule has 3 rings (SSSR count). The second-order valence-electron chi connectivity index (χ2n) is 3.80. The van der Waals surface area contributed by atoms with Crippen LogP contribution in [0.25, 0.3) is 0 Å². The molecule has 2 saturated heterocycles. The molecule has 0 bridgehead atoms. The van der Waals surface area contributed by atoms with Crippen molar-refractivity contribution < 1.29 is 9.30 Å². The van der Waals surface area contributed by atoms with Crippen molar-refractivity contribution in [1.29, 1.82) is 0 Å². The van der Waals surface area contributed by atoms with Crippen LogP contribution in [0.2, 0.25) is 0 Å². The van der Waals surface area contributed by atoms with Crippen LogP contribution in [0.4, 0.5) is 0 Å². The number of rotatable bonds is 1. The van der Waals surface area contributed by atoms with Crippen LogP contribution in [0.15, 0.2) is 30.3 Å². The lowest BCUT2D eigenvalue weighted by Crippen LogP contribution is -2.09. The first-order valence-corrected chi connectivity index (χ1v) is 6.65. The van der Waals surface area contributed by atoms with Gasteiger partial charge in [-0.05, 0) is 0 Å². The van der Waals surface area contributed by atoms with Gasteiger partial charge in [0.25, 0.3) is 0 Å². The Bertz CT molecular complexity index is 360. The Morgan fingerprint density at radius 3 is 2.38 bits per heavy atom. The summed E-state index contributed by atoms with van der Waals surface area (Å²) in [6.45, 7) is 0. The van der Waals surface area contributed by atoms with Crippen molar-refractivity contribution in [2.24, 2.45) is 0 Å². The van der Waals surface area contributed by atoms with Crippen LogP contribution in [0.5, 0.6) is 0 Å². The van der Waals surface area contributed by atoms with Crippen molar-refractivity contribution in [1.82, 2.24) is 0 Å². The minimum absolute atomic E-state index is 0.311. The van der Waals surface area contributed by atoms with Crippen LogP contribution in [0.3, 0.4) is 0 Å². The van der Waals surface area contributed by atoms with Gasteiger partial charge in [-0.1, -0.05) is 30.3 Å². The van der Waals surface area contributed by atoms with Crippen molar-refractivity contribution in [3.8, 4) is 0 Å². The molecule has 3 atom stereocenters. The molecule has 2 fully saturated rings. The summed E-state index contributed by atoms with van der Waals surface area (Å²) in [5, 5.41) is 1.03. The number of benzene rings is 1. The molecule has 2 nitrogen and oxygen atoms in total. The van der Waals surface area contributed by atoms with Gasteiger partial charge in [-0.3, -0.25) is 0 Å². The van der Waals surface area contributed by atoms with E-state index in [1.165, 1.54) is 0 Å². The van der Waals surface area contributed by atoms with Crippen molar-refractivity contribution in [3.05, 3.63) is 30.3 Å². The van der Waals surface area contributed by atoms with Gasteiger partial charge in [-0.2, -0.15) is 0 Å². The third kappa shape index (κ3) is 1.17. The number of epoxide rings is 1. The lowest BCUT2D eigenvalue weighted by atomic mass is 10.4. The topological polar surface area (TPSA) is 29.6 Å². The molecule has 0 aromatic heterocycles. The quantitative estimate of drug-likeness (QED) is 0.500. The average Bonchev–Trinajstić information content (AvgIpc) is 2.77. The molecule has 0 saturated carbocycles. The fraction of sp³-hybridized carbons (Fsp3) is 0.400. The molecule has 13 heavy (non-hydrogen) atoms. The average molecular weight is 194 g/mol. The molecule has 0 N–H and O–H groups in total. The monoisotopic (exact) mass is 194 g/mol. The molecule has 0 amide bonds. The molecule has 1 unspecified atom stereocenters. The highest BCUT2D eigenvalue weighted by Crippen LogP contribution is 2.58. The Morgan fingerprint density at radius 2 is 1.77 bits per heavy atom. The Kier molecular flexibility index (Phi) is 1.47. The molecule has 68 valence electrons. The maximum absolute atomic E-state index is 12.4. The molecule has 0 spiro atoms. The third-order valence-corrected chi connectivity index (χ3v) is 6.00. The van der Waals surface area contributed by atoms with Gasteiger partial charge in [-0.25, -0.2) is 0 Å². The predicted octanol–water partition coefficient (Wildman–Crippen LogP) is 1.46. The predicted molar refractivity (Wildman–Crippen MR) is 52.1 cm³/mol. The summed E-state index contributed by atoms with van der Waals surface area (Å²) >= 11 is 0. The Balaban J connectivity index is 1.97. The summed E-state index contributed by atoms with van der Waals surface area (Å²) in [6, 6.07) is 9.83. The van der Waals surface area contributed by atoms with Crippen LogP contribution < -0.4 is 5.30 Å². The SMILES string of the molecule is O=P1(c2ccccc2)C[C@@H]2O[C@@H]2C1. The number of hydrogen-bond donors (Lipinski definition) is 0. The van der Waals surface area contributed by atoms with Crippen molar-refractivity contribution in [3.63, 3.8) is 0 Å². The first-order chi connectivity index (χ1) is 6.28. The van der Waals surface area contributed by atoms with E-state index in [1.54, 1.807) is 0 Å². The largest absolute Gasteiger partial charge is 0.369 e. The maximum Gasteiger partial charge on any atom is 0.120 e. The van der Waals surface area contributed by atoms with Crippen LogP contribution in [0.1, 0.15) is 0 Å². The molecule has 2 aliphatic rings. The Hall–Kier alpha value is -0.590. The summed E-state index contributed by atoms with van der Waals surface area (Å²) in [6.07, 6.45) is 2.15. The van der Waals surface area contributed by atoms with Crippen molar-refractivity contribution >= 4 is 12.4 Å². The van der Waals surface area contributed by atoms with E-state index < -0.39 is 7.14 Å². The zero-order valence-electron chi connectivity index (χ0n) is 7.22. The molecule has 2 aliphatic heterocycles. The van der Waals surface area contributed by atoms with Gasteiger partial charge >= 0.3 is 0 Å². The second kappa shape index (κ2) is 2.46. The number of hydrogen-bond acceptors (Lipinski definition) is 2. The third-order valence-electron chi connectivity index (χ3n) is 2.86. The van der Waals surface area contributed by atoms with Gasteiger partial charge < -0.3 is 9.30 Å². The van der Waals surface area contributed by atoms with Crippen LogP contribution in [-0.2, 0) is 9.30 Å². The van der Waals surface area contributed by atoms with E-state index in [-0.39, 0.29) is 0 Å². The first-order valence-electron chi connectivity index (χ1n) is 4.57. The summed E-state index contributed by atoms with van der Waals surface area (Å²) in [4.78, 5) is 0. The van der Waals surface area contributed by atoms with Gasteiger partial charge in [0.15, 0.2) is 0 Å².